The highest BCUT2D eigenvalue weighted by Crippen LogP contribution is 2.25. The van der Waals surface area contributed by atoms with Gasteiger partial charge < -0.3 is 10.2 Å². The predicted molar refractivity (Wildman–Crippen MR) is 137 cm³/mol. The van der Waals surface area contributed by atoms with E-state index in [0.29, 0.717) is 16.8 Å². The molecule has 0 bridgehead atoms. The average molecular weight is 472 g/mol. The first-order valence-corrected chi connectivity index (χ1v) is 12.0. The number of aromatic nitrogens is 5. The van der Waals surface area contributed by atoms with E-state index >= 15 is 0 Å². The molecule has 3 aromatic carbocycles. The van der Waals surface area contributed by atoms with Crippen molar-refractivity contribution in [3.8, 4) is 5.69 Å². The van der Waals surface area contributed by atoms with E-state index in [9.17, 15) is 4.79 Å². The molecule has 2 heterocycles. The van der Waals surface area contributed by atoms with Gasteiger partial charge in [-0.1, -0.05) is 0 Å². The molecule has 2 aromatic heterocycles. The van der Waals surface area contributed by atoms with E-state index in [1.54, 1.807) is 16.9 Å². The van der Waals surface area contributed by atoms with Gasteiger partial charge in [-0.15, -0.1) is 10.2 Å². The molecule has 1 N–H and O–H groups in total. The van der Waals surface area contributed by atoms with Crippen molar-refractivity contribution < 1.29 is 4.79 Å². The van der Waals surface area contributed by atoms with Crippen molar-refractivity contribution in [1.82, 2.24) is 23.7 Å². The molecule has 0 radical (unpaired) electrons. The van der Waals surface area contributed by atoms with Gasteiger partial charge >= 0.3 is 0 Å². The van der Waals surface area contributed by atoms with E-state index in [1.807, 2.05) is 25.1 Å². The molecule has 0 unspecified atom stereocenters. The van der Waals surface area contributed by atoms with Crippen LogP contribution in [0.2, 0.25) is 0 Å². The summed E-state index contributed by atoms with van der Waals surface area (Å²) in [4.78, 5) is 16.9. The fourth-order valence-corrected chi connectivity index (χ4v) is 4.60. The summed E-state index contributed by atoms with van der Waals surface area (Å²) in [5.74, 6) is -0.201. The number of hydrogen-bond acceptors (Lipinski definition) is 7. The molecule has 9 heteroatoms. The Bertz CT molecular complexity index is 1520. The van der Waals surface area contributed by atoms with Crippen molar-refractivity contribution in [1.29, 1.82) is 0 Å². The summed E-state index contributed by atoms with van der Waals surface area (Å²) in [7, 11) is 0. The molecular formula is C25H25N7OS. The average Bonchev–Trinajstić information content (AvgIpc) is 3.46. The zero-order valence-corrected chi connectivity index (χ0v) is 20.3. The van der Waals surface area contributed by atoms with Crippen molar-refractivity contribution in [2.24, 2.45) is 0 Å². The highest BCUT2D eigenvalue weighted by molar-refractivity contribution is 7.00. The number of anilines is 2. The van der Waals surface area contributed by atoms with Crippen LogP contribution >= 0.6 is 11.7 Å². The normalized spacial score (nSPS) is 11.3. The van der Waals surface area contributed by atoms with Crippen molar-refractivity contribution >= 4 is 51.1 Å². The molecule has 34 heavy (non-hydrogen) atoms. The number of amides is 1. The van der Waals surface area contributed by atoms with Crippen LogP contribution in [0.25, 0.3) is 27.8 Å². The van der Waals surface area contributed by atoms with Crippen LogP contribution < -0.4 is 10.2 Å². The van der Waals surface area contributed by atoms with Crippen LogP contribution in [0.3, 0.4) is 0 Å². The van der Waals surface area contributed by atoms with Gasteiger partial charge in [0.15, 0.2) is 0 Å². The van der Waals surface area contributed by atoms with Gasteiger partial charge in [0.1, 0.15) is 22.1 Å². The summed E-state index contributed by atoms with van der Waals surface area (Å²) >= 11 is 1.14. The summed E-state index contributed by atoms with van der Waals surface area (Å²) in [6.45, 7) is 10.3. The zero-order chi connectivity index (χ0) is 23.8. The summed E-state index contributed by atoms with van der Waals surface area (Å²) in [5.41, 5.74) is 8.37. The number of rotatable bonds is 6. The predicted octanol–water partition coefficient (Wildman–Crippen LogP) is 5.14. The topological polar surface area (TPSA) is 88.8 Å². The SMILES string of the molecule is CCN(CC)c1ccc(-n2nc3cc(C)c(NC(=O)c4ccc5nsnc5c4)cc3n2)c(C)c1. The smallest absolute Gasteiger partial charge is 0.255 e. The number of aryl methyl sites for hydroxylation is 2. The molecule has 0 fully saturated rings. The van der Waals surface area contributed by atoms with E-state index in [4.69, 9.17) is 10.2 Å². The monoisotopic (exact) mass is 471 g/mol. The second-order valence-electron chi connectivity index (χ2n) is 8.21. The fraction of sp³-hybridized carbons (Fsp3) is 0.240. The van der Waals surface area contributed by atoms with E-state index < -0.39 is 0 Å². The number of carbonyl (C=O) groups is 1. The van der Waals surface area contributed by atoms with Gasteiger partial charge in [0.05, 0.1) is 17.4 Å². The first-order valence-electron chi connectivity index (χ1n) is 11.2. The summed E-state index contributed by atoms with van der Waals surface area (Å²) in [6.07, 6.45) is 0. The first kappa shape index (κ1) is 22.0. The van der Waals surface area contributed by atoms with Gasteiger partial charge in [0.25, 0.3) is 5.91 Å². The van der Waals surface area contributed by atoms with E-state index in [-0.39, 0.29) is 5.91 Å². The quantitative estimate of drug-likeness (QED) is 0.369. The third kappa shape index (κ3) is 3.99. The highest BCUT2D eigenvalue weighted by atomic mass is 32.1. The van der Waals surface area contributed by atoms with Crippen molar-refractivity contribution in [2.75, 3.05) is 23.3 Å². The Hall–Kier alpha value is -3.85. The Morgan fingerprint density at radius 2 is 1.62 bits per heavy atom. The largest absolute Gasteiger partial charge is 0.372 e. The third-order valence-corrected chi connectivity index (χ3v) is 6.57. The minimum absolute atomic E-state index is 0.201. The van der Waals surface area contributed by atoms with Gasteiger partial charge in [0, 0.05) is 30.0 Å². The molecule has 5 aromatic rings. The van der Waals surface area contributed by atoms with Crippen LogP contribution in [0.4, 0.5) is 11.4 Å². The Kier molecular flexibility index (Phi) is 5.70. The lowest BCUT2D eigenvalue weighted by Crippen LogP contribution is -2.21. The molecule has 5 rings (SSSR count). The van der Waals surface area contributed by atoms with Crippen LogP contribution in [0.15, 0.2) is 48.5 Å². The van der Waals surface area contributed by atoms with Gasteiger partial charge in [-0.2, -0.15) is 13.5 Å². The van der Waals surface area contributed by atoms with Crippen molar-refractivity contribution in [3.05, 3.63) is 65.2 Å². The van der Waals surface area contributed by atoms with Crippen LogP contribution in [0.1, 0.15) is 35.3 Å². The zero-order valence-electron chi connectivity index (χ0n) is 19.5. The number of nitrogens with one attached hydrogen (secondary N) is 1. The highest BCUT2D eigenvalue weighted by Gasteiger charge is 2.14. The summed E-state index contributed by atoms with van der Waals surface area (Å²) < 4.78 is 8.40. The lowest BCUT2D eigenvalue weighted by Gasteiger charge is -2.22. The third-order valence-electron chi connectivity index (χ3n) is 6.02. The van der Waals surface area contributed by atoms with Crippen molar-refractivity contribution in [2.45, 2.75) is 27.7 Å². The van der Waals surface area contributed by atoms with E-state index in [2.05, 4.69) is 57.9 Å². The molecule has 0 atom stereocenters. The molecule has 1 amide bonds. The lowest BCUT2D eigenvalue weighted by molar-refractivity contribution is 0.102. The summed E-state index contributed by atoms with van der Waals surface area (Å²) in [5, 5.41) is 12.4. The number of carbonyl (C=O) groups excluding carboxylic acids is 1. The van der Waals surface area contributed by atoms with Crippen LogP contribution in [0, 0.1) is 13.8 Å². The Balaban J connectivity index is 1.44. The number of hydrogen-bond donors (Lipinski definition) is 1. The minimum atomic E-state index is -0.201. The second-order valence-corrected chi connectivity index (χ2v) is 8.74. The molecule has 172 valence electrons. The Morgan fingerprint density at radius 1 is 0.882 bits per heavy atom. The molecule has 0 aliphatic rings. The second kappa shape index (κ2) is 8.83. The van der Waals surface area contributed by atoms with Crippen LogP contribution in [-0.4, -0.2) is 42.7 Å². The van der Waals surface area contributed by atoms with Crippen molar-refractivity contribution in [3.63, 3.8) is 0 Å². The molecule has 0 spiro atoms. The molecule has 0 saturated carbocycles. The Morgan fingerprint density at radius 3 is 2.35 bits per heavy atom. The summed E-state index contributed by atoms with van der Waals surface area (Å²) in [6, 6.07) is 15.5. The maximum absolute atomic E-state index is 12.9. The first-order chi connectivity index (χ1) is 16.5. The molecule has 0 aliphatic carbocycles. The molecule has 8 nitrogen and oxygen atoms in total. The molecular weight excluding hydrogens is 446 g/mol. The van der Waals surface area contributed by atoms with E-state index in [1.165, 1.54) is 5.69 Å². The lowest BCUT2D eigenvalue weighted by atomic mass is 10.1. The number of fused-ring (bicyclic) bond motifs is 2. The minimum Gasteiger partial charge on any atom is -0.372 e. The number of nitrogens with zero attached hydrogens (tertiary/aromatic N) is 6. The Labute approximate surface area is 201 Å². The van der Waals surface area contributed by atoms with Gasteiger partial charge in [-0.25, -0.2) is 0 Å². The maximum atomic E-state index is 12.9. The van der Waals surface area contributed by atoms with Gasteiger partial charge in [-0.3, -0.25) is 4.79 Å². The number of benzene rings is 3. The maximum Gasteiger partial charge on any atom is 0.255 e. The van der Waals surface area contributed by atoms with Gasteiger partial charge in [-0.05, 0) is 87.4 Å². The molecule has 0 saturated heterocycles. The van der Waals surface area contributed by atoms with E-state index in [0.717, 1.165) is 58.2 Å². The van der Waals surface area contributed by atoms with Crippen LogP contribution in [-0.2, 0) is 0 Å². The standard InChI is InChI=1S/C25H25N7OS/c1-5-31(6-2)18-8-10-24(16(4)11-18)32-27-21-12-15(3)20(14-22(21)28-32)26-25(33)17-7-9-19-23(13-17)30-34-29-19/h7-14H,5-6H2,1-4H3,(H,26,33). The van der Waals surface area contributed by atoms with Crippen LogP contribution in [0.5, 0.6) is 0 Å². The van der Waals surface area contributed by atoms with Gasteiger partial charge in [0.2, 0.25) is 0 Å². The fourth-order valence-electron chi connectivity index (χ4n) is 4.08. The molecule has 0 aliphatic heterocycles.